The minimum absolute atomic E-state index is 0.0239. The molecule has 0 atom stereocenters. The number of aromatic nitrogens is 2. The number of aliphatic hydroxyl groups excluding tert-OH is 1. The van der Waals surface area contributed by atoms with Crippen LogP contribution in [-0.2, 0) is 11.5 Å². The predicted octanol–water partition coefficient (Wildman–Crippen LogP) is 5.66. The summed E-state index contributed by atoms with van der Waals surface area (Å²) in [7, 11) is -1.13. The maximum Gasteiger partial charge on any atom is 0.223 e. The topological polar surface area (TPSA) is 64.4 Å². The minimum atomic E-state index is -1.13. The number of ether oxygens (including phenoxy) is 1. The molecule has 1 fully saturated rings. The number of fused-ring (bicyclic) bond motifs is 1. The van der Waals surface area contributed by atoms with Crippen molar-refractivity contribution >= 4 is 36.1 Å². The Labute approximate surface area is 189 Å². The summed E-state index contributed by atoms with van der Waals surface area (Å²) in [6, 6.07) is 9.12. The number of rotatable bonds is 8. The Hall–Kier alpha value is -1.80. The maximum absolute atomic E-state index is 13.3. The van der Waals surface area contributed by atoms with E-state index in [9.17, 15) is 9.90 Å². The smallest absolute Gasteiger partial charge is 0.223 e. The largest absolute Gasteiger partial charge is 0.393 e. The highest BCUT2D eigenvalue weighted by Crippen LogP contribution is 2.34. The first-order valence-corrected chi connectivity index (χ1v) is 15.7. The first kappa shape index (κ1) is 22.4. The lowest BCUT2D eigenvalue weighted by Gasteiger charge is -2.23. The van der Waals surface area contributed by atoms with Crippen molar-refractivity contribution < 1.29 is 14.6 Å². The van der Waals surface area contributed by atoms with Gasteiger partial charge < -0.3 is 14.4 Å². The van der Waals surface area contributed by atoms with Crippen molar-refractivity contribution in [3.8, 4) is 0 Å². The zero-order valence-corrected chi connectivity index (χ0v) is 20.5. The molecule has 31 heavy (non-hydrogen) atoms. The van der Waals surface area contributed by atoms with Crippen LogP contribution >= 0.6 is 11.3 Å². The van der Waals surface area contributed by atoms with E-state index in [4.69, 9.17) is 9.72 Å². The molecule has 1 aliphatic rings. The van der Waals surface area contributed by atoms with E-state index in [2.05, 4.69) is 19.6 Å². The second kappa shape index (κ2) is 9.36. The third-order valence-corrected chi connectivity index (χ3v) is 8.65. The highest BCUT2D eigenvalue weighted by Gasteiger charge is 2.25. The van der Waals surface area contributed by atoms with Crippen LogP contribution in [0.3, 0.4) is 0 Å². The molecule has 1 saturated carbocycles. The molecule has 0 unspecified atom stereocenters. The van der Waals surface area contributed by atoms with Gasteiger partial charge in [-0.2, -0.15) is 0 Å². The molecule has 0 saturated heterocycles. The van der Waals surface area contributed by atoms with Gasteiger partial charge in [-0.3, -0.25) is 4.79 Å². The number of benzene rings is 1. The summed E-state index contributed by atoms with van der Waals surface area (Å²) in [4.78, 5) is 18.0. The molecule has 2 aromatic heterocycles. The molecule has 4 rings (SSSR count). The number of nitrogens with zero attached hydrogens (tertiary/aromatic N) is 2. The number of carbonyl (C=O) groups excluding carboxylic acids is 1. The Morgan fingerprint density at radius 3 is 2.71 bits per heavy atom. The van der Waals surface area contributed by atoms with Gasteiger partial charge in [0.25, 0.3) is 0 Å². The van der Waals surface area contributed by atoms with Crippen molar-refractivity contribution in [2.45, 2.75) is 70.1 Å². The van der Waals surface area contributed by atoms with Gasteiger partial charge in [-0.25, -0.2) is 4.98 Å². The maximum atomic E-state index is 13.3. The second-order valence-electron chi connectivity index (χ2n) is 9.79. The fourth-order valence-electron chi connectivity index (χ4n) is 4.14. The van der Waals surface area contributed by atoms with Crippen LogP contribution < -0.4 is 0 Å². The molecule has 5 nitrogen and oxygen atoms in total. The standard InChI is InChI=1S/C24H32N2O3SSi/c1-31(2,3)13-12-29-16-26-14-20(19-6-4-5-7-22(19)26)23(28)24-25-21(15-30-24)17-8-10-18(27)11-9-17/h4-7,14-15,17-18,27H,8-13,16H2,1-3H3. The summed E-state index contributed by atoms with van der Waals surface area (Å²) >= 11 is 1.43. The van der Waals surface area contributed by atoms with Crippen LogP contribution in [0.1, 0.15) is 52.7 Å². The van der Waals surface area contributed by atoms with Crippen molar-refractivity contribution in [1.29, 1.82) is 0 Å². The van der Waals surface area contributed by atoms with Gasteiger partial charge >= 0.3 is 0 Å². The molecule has 3 aromatic rings. The summed E-state index contributed by atoms with van der Waals surface area (Å²) in [6.07, 6.45) is 5.24. The number of carbonyl (C=O) groups is 1. The molecule has 1 N–H and O–H groups in total. The summed E-state index contributed by atoms with van der Waals surface area (Å²) < 4.78 is 7.98. The SMILES string of the molecule is C[Si](C)(C)CCOCn1cc(C(=O)c2nc(C3CCC(O)CC3)cs2)c2ccccc21. The summed E-state index contributed by atoms with van der Waals surface area (Å²) in [6.45, 7) is 8.23. The van der Waals surface area contributed by atoms with Crippen molar-refractivity contribution in [2.24, 2.45) is 0 Å². The fourth-order valence-corrected chi connectivity index (χ4v) is 5.75. The quantitative estimate of drug-likeness (QED) is 0.270. The average Bonchev–Trinajstić information content (AvgIpc) is 3.36. The van der Waals surface area contributed by atoms with Gasteiger partial charge in [0.15, 0.2) is 5.01 Å². The Morgan fingerprint density at radius 2 is 1.97 bits per heavy atom. The molecule has 0 aliphatic heterocycles. The molecule has 0 spiro atoms. The normalized spacial score (nSPS) is 19.7. The predicted molar refractivity (Wildman–Crippen MR) is 129 cm³/mol. The van der Waals surface area contributed by atoms with Gasteiger partial charge in [0.2, 0.25) is 5.78 Å². The van der Waals surface area contributed by atoms with Gasteiger partial charge in [0.05, 0.1) is 22.9 Å². The summed E-state index contributed by atoms with van der Waals surface area (Å²) in [5.74, 6) is 0.325. The van der Waals surface area contributed by atoms with E-state index in [1.165, 1.54) is 11.3 Å². The number of hydrogen-bond donors (Lipinski definition) is 1. The van der Waals surface area contributed by atoms with E-state index in [0.29, 0.717) is 23.2 Å². The lowest BCUT2D eigenvalue weighted by atomic mass is 9.86. The van der Waals surface area contributed by atoms with E-state index >= 15 is 0 Å². The molecule has 166 valence electrons. The second-order valence-corrected chi connectivity index (χ2v) is 16.3. The van der Waals surface area contributed by atoms with Gasteiger partial charge in [-0.1, -0.05) is 37.8 Å². The van der Waals surface area contributed by atoms with Gasteiger partial charge in [-0.05, 0) is 37.8 Å². The molecular formula is C24H32N2O3SSi. The monoisotopic (exact) mass is 456 g/mol. The number of hydrogen-bond acceptors (Lipinski definition) is 5. The first-order chi connectivity index (χ1) is 14.8. The lowest BCUT2D eigenvalue weighted by Crippen LogP contribution is -2.21. The molecule has 0 bridgehead atoms. The van der Waals surface area contributed by atoms with E-state index in [0.717, 1.165) is 54.9 Å². The zero-order chi connectivity index (χ0) is 22.0. The Balaban J connectivity index is 1.52. The van der Waals surface area contributed by atoms with Crippen LogP contribution in [0.25, 0.3) is 10.9 Å². The summed E-state index contributed by atoms with van der Waals surface area (Å²) in [5.41, 5.74) is 2.69. The number of para-hydroxylation sites is 1. The molecule has 0 amide bonds. The van der Waals surface area contributed by atoms with Crippen LogP contribution in [0.4, 0.5) is 0 Å². The molecule has 1 aliphatic carbocycles. The van der Waals surface area contributed by atoms with Crippen LogP contribution in [-0.4, -0.2) is 41.2 Å². The summed E-state index contributed by atoms with van der Waals surface area (Å²) in [5, 5.41) is 13.3. The van der Waals surface area contributed by atoms with E-state index < -0.39 is 8.07 Å². The molecule has 0 radical (unpaired) electrons. The van der Waals surface area contributed by atoms with E-state index in [-0.39, 0.29) is 11.9 Å². The van der Waals surface area contributed by atoms with Crippen molar-refractivity contribution in [1.82, 2.24) is 9.55 Å². The Morgan fingerprint density at radius 1 is 1.23 bits per heavy atom. The van der Waals surface area contributed by atoms with Gasteiger partial charge in [-0.15, -0.1) is 11.3 Å². The van der Waals surface area contributed by atoms with E-state index in [1.807, 2.05) is 40.4 Å². The Bertz CT molecular complexity index is 1040. The van der Waals surface area contributed by atoms with Gasteiger partial charge in [0.1, 0.15) is 6.73 Å². The third kappa shape index (κ3) is 5.34. The molecular weight excluding hydrogens is 424 g/mol. The van der Waals surface area contributed by atoms with Crippen LogP contribution in [0, 0.1) is 0 Å². The van der Waals surface area contributed by atoms with Crippen LogP contribution in [0.5, 0.6) is 0 Å². The van der Waals surface area contributed by atoms with Gasteiger partial charge in [0, 0.05) is 37.6 Å². The average molecular weight is 457 g/mol. The third-order valence-electron chi connectivity index (χ3n) is 6.09. The van der Waals surface area contributed by atoms with Crippen molar-refractivity contribution in [2.75, 3.05) is 6.61 Å². The number of thiazole rings is 1. The lowest BCUT2D eigenvalue weighted by molar-refractivity contribution is 0.0899. The highest BCUT2D eigenvalue weighted by atomic mass is 32.1. The minimum Gasteiger partial charge on any atom is -0.393 e. The number of aliphatic hydroxyl groups is 1. The van der Waals surface area contributed by atoms with Crippen molar-refractivity contribution in [3.05, 3.63) is 52.1 Å². The Kier molecular flexibility index (Phi) is 6.76. The first-order valence-electron chi connectivity index (χ1n) is 11.2. The fraction of sp³-hybridized carbons (Fsp3) is 0.500. The molecule has 7 heteroatoms. The zero-order valence-electron chi connectivity index (χ0n) is 18.6. The van der Waals surface area contributed by atoms with Crippen LogP contribution in [0.2, 0.25) is 25.7 Å². The molecule has 2 heterocycles. The van der Waals surface area contributed by atoms with E-state index in [1.54, 1.807) is 0 Å². The van der Waals surface area contributed by atoms with Crippen LogP contribution in [0.15, 0.2) is 35.8 Å². The highest BCUT2D eigenvalue weighted by molar-refractivity contribution is 7.12. The van der Waals surface area contributed by atoms with Crippen molar-refractivity contribution in [3.63, 3.8) is 0 Å². The number of ketones is 1. The molecule has 1 aromatic carbocycles.